The highest BCUT2D eigenvalue weighted by molar-refractivity contribution is 6.04. The Bertz CT molecular complexity index is 1020. The van der Waals surface area contributed by atoms with E-state index in [0.29, 0.717) is 36.8 Å². The topological polar surface area (TPSA) is 131 Å². The number of phenols is 1. The predicted octanol–water partition coefficient (Wildman–Crippen LogP) is 4.84. The number of halogens is 1. The summed E-state index contributed by atoms with van der Waals surface area (Å²) < 4.78 is 25.5. The van der Waals surface area contributed by atoms with E-state index < -0.39 is 41.9 Å². The lowest BCUT2D eigenvalue weighted by Gasteiger charge is -2.29. The molecule has 2 rings (SSSR count). The third kappa shape index (κ3) is 8.57. The average Bonchev–Trinajstić information content (AvgIpc) is 2.82. The van der Waals surface area contributed by atoms with Crippen LogP contribution >= 0.6 is 0 Å². The first-order chi connectivity index (χ1) is 17.3. The second-order valence-electron chi connectivity index (χ2n) is 10.3. The molecule has 206 valence electrons. The van der Waals surface area contributed by atoms with Crippen LogP contribution in [-0.4, -0.2) is 47.6 Å². The van der Waals surface area contributed by atoms with Crippen LogP contribution in [0.5, 0.6) is 5.75 Å². The Kier molecular flexibility index (Phi) is 11.1. The van der Waals surface area contributed by atoms with Crippen LogP contribution in [0.15, 0.2) is 35.4 Å². The van der Waals surface area contributed by atoms with Crippen molar-refractivity contribution in [2.75, 3.05) is 12.4 Å². The van der Waals surface area contributed by atoms with Crippen molar-refractivity contribution in [3.05, 3.63) is 46.8 Å². The lowest BCUT2D eigenvalue weighted by Crippen LogP contribution is -2.35. The van der Waals surface area contributed by atoms with E-state index in [2.05, 4.69) is 5.32 Å². The zero-order valence-corrected chi connectivity index (χ0v) is 22.6. The van der Waals surface area contributed by atoms with E-state index in [9.17, 15) is 24.2 Å². The summed E-state index contributed by atoms with van der Waals surface area (Å²) in [5.74, 6) is -2.35. The summed E-state index contributed by atoms with van der Waals surface area (Å²) in [5, 5.41) is 23.9. The van der Waals surface area contributed by atoms with Gasteiger partial charge in [-0.3, -0.25) is 4.79 Å². The molecule has 1 aliphatic rings. The Hall–Kier alpha value is -2.91. The number of allylic oxidation sites excluding steroid dienone is 1. The molecule has 9 heteroatoms. The van der Waals surface area contributed by atoms with Crippen molar-refractivity contribution in [1.82, 2.24) is 0 Å². The first-order valence-electron chi connectivity index (χ1n) is 12.7. The third-order valence-electron chi connectivity index (χ3n) is 6.98. The Labute approximate surface area is 218 Å². The van der Waals surface area contributed by atoms with E-state index in [1.807, 2.05) is 33.8 Å². The van der Waals surface area contributed by atoms with E-state index >= 15 is 0 Å². The summed E-state index contributed by atoms with van der Waals surface area (Å²) in [5.41, 5.74) is 7.11. The van der Waals surface area contributed by atoms with Crippen LogP contribution in [0.1, 0.15) is 59.4 Å². The van der Waals surface area contributed by atoms with Gasteiger partial charge < -0.3 is 30.7 Å². The fraction of sp³-hybridized carbons (Fsp3) is 0.571. The fourth-order valence-corrected chi connectivity index (χ4v) is 4.88. The number of rotatable bonds is 2. The van der Waals surface area contributed by atoms with E-state index in [-0.39, 0.29) is 23.4 Å². The highest BCUT2D eigenvalue weighted by Crippen LogP contribution is 2.31. The number of aliphatic hydroxyl groups is 1. The molecule has 0 unspecified atom stereocenters. The number of carbonyl (C=O) groups excluding carboxylic acids is 2. The molecule has 1 aromatic carbocycles. The number of fused-ring (bicyclic) bond motifs is 2. The van der Waals surface area contributed by atoms with Gasteiger partial charge >= 0.3 is 6.09 Å². The number of methoxy groups -OCH3 is 1. The molecule has 5 N–H and O–H groups in total. The maximum atomic E-state index is 14.5. The Morgan fingerprint density at radius 3 is 2.51 bits per heavy atom. The number of primary amides is 1. The van der Waals surface area contributed by atoms with Crippen molar-refractivity contribution >= 4 is 17.7 Å². The van der Waals surface area contributed by atoms with Gasteiger partial charge in [0, 0.05) is 18.6 Å². The number of phenolic OH excluding ortho intramolecular Hbond substituents is 1. The molecule has 8 nitrogen and oxygen atoms in total. The molecule has 0 aliphatic carbocycles. The first-order valence-corrected chi connectivity index (χ1v) is 12.7. The minimum absolute atomic E-state index is 0.00192. The monoisotopic (exact) mass is 520 g/mol. The summed E-state index contributed by atoms with van der Waals surface area (Å²) in [7, 11) is 1.53. The smallest absolute Gasteiger partial charge is 0.405 e. The third-order valence-corrected chi connectivity index (χ3v) is 6.98. The molecule has 1 aromatic rings. The van der Waals surface area contributed by atoms with Gasteiger partial charge in [0.15, 0.2) is 11.6 Å². The number of hydrogen-bond acceptors (Lipinski definition) is 6. The minimum Gasteiger partial charge on any atom is -0.503 e. The molecular formula is C28H41FN2O6. The zero-order valence-electron chi connectivity index (χ0n) is 22.6. The molecule has 1 aliphatic heterocycles. The standard InChI is InChI=1S/C28H41FN2O6/c1-15-10-20-13-21(29)25(33)22(14-20)31-27(34)17(3)9-7-8-16(2)26(37-28(30)35)19(5)12-18(4)24(32)23(11-15)36-6/h9,12-16,18,23-24,26,32-33H,7-8,10-11H2,1-6H3,(H2,30,35)(H,31,34)/b17-9+,19-12+/t15-,16+,18+,23+,24-,26-/m1/s1. The number of anilines is 1. The van der Waals surface area contributed by atoms with Gasteiger partial charge in [-0.2, -0.15) is 0 Å². The fourth-order valence-electron chi connectivity index (χ4n) is 4.88. The van der Waals surface area contributed by atoms with Gasteiger partial charge in [-0.1, -0.05) is 32.9 Å². The Balaban J connectivity index is 2.47. The number of aromatic hydroxyl groups is 1. The molecule has 6 atom stereocenters. The number of benzene rings is 1. The molecule has 0 saturated carbocycles. The molecule has 1 heterocycles. The van der Waals surface area contributed by atoms with Crippen LogP contribution in [-0.2, 0) is 20.7 Å². The van der Waals surface area contributed by atoms with Gasteiger partial charge in [0.25, 0.3) is 5.91 Å². The number of aliphatic hydroxyl groups excluding tert-OH is 1. The van der Waals surface area contributed by atoms with Gasteiger partial charge in [0.2, 0.25) is 0 Å². The van der Waals surface area contributed by atoms with Crippen LogP contribution in [0.2, 0.25) is 0 Å². The van der Waals surface area contributed by atoms with Gasteiger partial charge in [0.1, 0.15) is 6.10 Å². The van der Waals surface area contributed by atoms with E-state index in [1.54, 1.807) is 19.1 Å². The zero-order chi connectivity index (χ0) is 27.9. The molecule has 0 spiro atoms. The van der Waals surface area contributed by atoms with Gasteiger partial charge in [-0.15, -0.1) is 0 Å². The summed E-state index contributed by atoms with van der Waals surface area (Å²) in [6.07, 6.45) is 2.80. The molecule has 37 heavy (non-hydrogen) atoms. The maximum absolute atomic E-state index is 14.5. The van der Waals surface area contributed by atoms with Gasteiger partial charge in [-0.25, -0.2) is 9.18 Å². The highest BCUT2D eigenvalue weighted by atomic mass is 19.1. The minimum atomic E-state index is -0.889. The summed E-state index contributed by atoms with van der Waals surface area (Å²) in [6, 6.07) is 2.81. The lowest BCUT2D eigenvalue weighted by atomic mass is 9.87. The van der Waals surface area contributed by atoms with Gasteiger partial charge in [-0.05, 0) is 74.6 Å². The van der Waals surface area contributed by atoms with E-state index in [0.717, 1.165) is 5.57 Å². The van der Waals surface area contributed by atoms with Crippen molar-refractivity contribution in [2.24, 2.45) is 23.5 Å². The van der Waals surface area contributed by atoms with E-state index in [4.69, 9.17) is 15.2 Å². The number of amides is 2. The van der Waals surface area contributed by atoms with Crippen molar-refractivity contribution in [3.63, 3.8) is 0 Å². The van der Waals surface area contributed by atoms with Crippen LogP contribution in [0.4, 0.5) is 14.9 Å². The number of hydrogen-bond donors (Lipinski definition) is 4. The second-order valence-corrected chi connectivity index (χ2v) is 10.3. The molecule has 0 fully saturated rings. The van der Waals surface area contributed by atoms with Crippen molar-refractivity contribution in [2.45, 2.75) is 78.6 Å². The predicted molar refractivity (Wildman–Crippen MR) is 141 cm³/mol. The molecule has 0 radical (unpaired) electrons. The molecule has 2 amide bonds. The van der Waals surface area contributed by atoms with Crippen LogP contribution in [0.3, 0.4) is 0 Å². The quantitative estimate of drug-likeness (QED) is 0.326. The molecule has 2 bridgehead atoms. The Morgan fingerprint density at radius 2 is 1.89 bits per heavy atom. The summed E-state index contributed by atoms with van der Waals surface area (Å²) in [4.78, 5) is 24.3. The molecule has 0 aromatic heterocycles. The maximum Gasteiger partial charge on any atom is 0.405 e. The SMILES string of the molecule is CO[C@H]1C[C@H](C)Cc2cc(F)c(O)c(c2)NC(=O)/C(C)=C/CC[C@H](C)[C@@H](OC(N)=O)/C(C)=C/[C@H](C)[C@H]1O. The number of ether oxygens (including phenoxy) is 2. The molecule has 0 saturated heterocycles. The summed E-state index contributed by atoms with van der Waals surface area (Å²) in [6.45, 7) is 9.22. The number of carbonyl (C=O) groups is 2. The van der Waals surface area contributed by atoms with Crippen LogP contribution < -0.4 is 11.1 Å². The Morgan fingerprint density at radius 1 is 1.22 bits per heavy atom. The van der Waals surface area contributed by atoms with Gasteiger partial charge in [0.05, 0.1) is 17.9 Å². The van der Waals surface area contributed by atoms with Crippen LogP contribution in [0.25, 0.3) is 0 Å². The van der Waals surface area contributed by atoms with Crippen LogP contribution in [0, 0.1) is 23.6 Å². The number of nitrogens with one attached hydrogen (secondary N) is 1. The first kappa shape index (κ1) is 30.3. The van der Waals surface area contributed by atoms with E-state index in [1.165, 1.54) is 13.2 Å². The average molecular weight is 521 g/mol. The largest absolute Gasteiger partial charge is 0.503 e. The molecular weight excluding hydrogens is 479 g/mol. The highest BCUT2D eigenvalue weighted by Gasteiger charge is 2.28. The second kappa shape index (κ2) is 13.6. The number of nitrogens with two attached hydrogens (primary N) is 1. The summed E-state index contributed by atoms with van der Waals surface area (Å²) >= 11 is 0. The lowest BCUT2D eigenvalue weighted by molar-refractivity contribution is -0.112. The van der Waals surface area contributed by atoms with Crippen molar-refractivity contribution in [1.29, 1.82) is 0 Å². The van der Waals surface area contributed by atoms with Crippen molar-refractivity contribution < 1.29 is 33.7 Å². The van der Waals surface area contributed by atoms with Crippen molar-refractivity contribution in [3.8, 4) is 5.75 Å². The normalized spacial score (nSPS) is 31.4.